The van der Waals surface area contributed by atoms with Crippen molar-refractivity contribution in [3.8, 4) is 11.5 Å². The first kappa shape index (κ1) is 18.5. The molecule has 0 heterocycles. The molecule has 0 saturated carbocycles. The summed E-state index contributed by atoms with van der Waals surface area (Å²) in [6.45, 7) is 2.84. The molecule has 4 nitrogen and oxygen atoms in total. The largest absolute Gasteiger partial charge is 0.490 e. The first-order valence-electron chi connectivity index (χ1n) is 8.59. The maximum Gasteiger partial charge on any atom is 0.255 e. The molecule has 0 spiro atoms. The molecule has 0 aromatic heterocycles. The van der Waals surface area contributed by atoms with Gasteiger partial charge in [0.05, 0.1) is 0 Å². The lowest BCUT2D eigenvalue weighted by Crippen LogP contribution is -2.12. The Morgan fingerprint density at radius 2 is 1.56 bits per heavy atom. The molecule has 27 heavy (non-hydrogen) atoms. The second-order valence-corrected chi connectivity index (χ2v) is 6.00. The number of aryl methyl sites for hydroxylation is 1. The van der Waals surface area contributed by atoms with Crippen LogP contribution < -0.4 is 14.8 Å². The highest BCUT2D eigenvalue weighted by molar-refractivity contribution is 6.04. The van der Waals surface area contributed by atoms with Gasteiger partial charge in [0.15, 0.2) is 0 Å². The van der Waals surface area contributed by atoms with Crippen LogP contribution in [0.15, 0.2) is 72.8 Å². The Morgan fingerprint density at radius 1 is 0.889 bits per heavy atom. The van der Waals surface area contributed by atoms with Crippen LogP contribution in [0.3, 0.4) is 0 Å². The topological polar surface area (TPSA) is 47.6 Å². The van der Waals surface area contributed by atoms with Gasteiger partial charge in [-0.2, -0.15) is 0 Å². The molecule has 138 valence electrons. The van der Waals surface area contributed by atoms with Gasteiger partial charge in [0.1, 0.15) is 30.5 Å². The standard InChI is InChI=1S/C22H20FNO3/c1-16-3-2-4-21(15-16)27-14-13-26-20-11-5-17(6-12-20)22(25)24-19-9-7-18(23)8-10-19/h2-12,15H,13-14H2,1H3,(H,24,25). The van der Waals surface area contributed by atoms with E-state index in [1.165, 1.54) is 24.3 Å². The first-order chi connectivity index (χ1) is 13.1. The van der Waals surface area contributed by atoms with Gasteiger partial charge in [0, 0.05) is 11.3 Å². The summed E-state index contributed by atoms with van der Waals surface area (Å²) in [6.07, 6.45) is 0. The van der Waals surface area contributed by atoms with Crippen molar-refractivity contribution in [3.05, 3.63) is 89.7 Å². The number of rotatable bonds is 7. The molecule has 0 aliphatic heterocycles. The smallest absolute Gasteiger partial charge is 0.255 e. The van der Waals surface area contributed by atoms with Crippen LogP contribution in [0.1, 0.15) is 15.9 Å². The molecule has 0 unspecified atom stereocenters. The number of nitrogens with one attached hydrogen (secondary N) is 1. The Labute approximate surface area is 157 Å². The molecule has 0 aliphatic carbocycles. The van der Waals surface area contributed by atoms with Crippen molar-refractivity contribution in [2.45, 2.75) is 6.92 Å². The summed E-state index contributed by atoms with van der Waals surface area (Å²) in [5.41, 5.74) is 2.17. The lowest BCUT2D eigenvalue weighted by atomic mass is 10.2. The highest BCUT2D eigenvalue weighted by Gasteiger charge is 2.06. The molecule has 3 aromatic rings. The van der Waals surface area contributed by atoms with E-state index in [4.69, 9.17) is 9.47 Å². The zero-order chi connectivity index (χ0) is 19.1. The van der Waals surface area contributed by atoms with E-state index < -0.39 is 0 Å². The average molecular weight is 365 g/mol. The summed E-state index contributed by atoms with van der Waals surface area (Å²) in [6, 6.07) is 20.3. The SMILES string of the molecule is Cc1cccc(OCCOc2ccc(C(=O)Nc3ccc(F)cc3)cc2)c1. The van der Waals surface area contributed by atoms with Crippen molar-refractivity contribution in [1.29, 1.82) is 0 Å². The Morgan fingerprint density at radius 3 is 2.22 bits per heavy atom. The minimum atomic E-state index is -0.346. The van der Waals surface area contributed by atoms with Gasteiger partial charge in [-0.25, -0.2) is 4.39 Å². The first-order valence-corrected chi connectivity index (χ1v) is 8.59. The molecular weight excluding hydrogens is 345 g/mol. The van der Waals surface area contributed by atoms with E-state index in [-0.39, 0.29) is 11.7 Å². The lowest BCUT2D eigenvalue weighted by Gasteiger charge is -2.10. The van der Waals surface area contributed by atoms with Gasteiger partial charge in [-0.15, -0.1) is 0 Å². The van der Waals surface area contributed by atoms with E-state index in [9.17, 15) is 9.18 Å². The third-order valence-electron chi connectivity index (χ3n) is 3.83. The Kier molecular flexibility index (Phi) is 6.05. The lowest BCUT2D eigenvalue weighted by molar-refractivity contribution is 0.102. The predicted octanol–water partition coefficient (Wildman–Crippen LogP) is 4.84. The third-order valence-corrected chi connectivity index (χ3v) is 3.83. The van der Waals surface area contributed by atoms with E-state index in [1.54, 1.807) is 24.3 Å². The Hall–Kier alpha value is -3.34. The Bertz CT molecular complexity index is 892. The maximum absolute atomic E-state index is 12.9. The fraction of sp³-hybridized carbons (Fsp3) is 0.136. The molecule has 1 N–H and O–H groups in total. The number of carbonyl (C=O) groups is 1. The minimum Gasteiger partial charge on any atom is -0.490 e. The van der Waals surface area contributed by atoms with Gasteiger partial charge in [0.2, 0.25) is 0 Å². The second-order valence-electron chi connectivity index (χ2n) is 6.00. The number of hydrogen-bond donors (Lipinski definition) is 1. The molecule has 0 saturated heterocycles. The summed E-state index contributed by atoms with van der Waals surface area (Å²) in [5.74, 6) is 0.851. The van der Waals surface area contributed by atoms with Crippen molar-refractivity contribution in [2.75, 3.05) is 18.5 Å². The summed E-state index contributed by atoms with van der Waals surface area (Å²) in [7, 11) is 0. The number of hydrogen-bond acceptors (Lipinski definition) is 3. The summed E-state index contributed by atoms with van der Waals surface area (Å²) < 4.78 is 24.2. The zero-order valence-corrected chi connectivity index (χ0v) is 14.9. The van der Waals surface area contributed by atoms with E-state index in [1.807, 2.05) is 31.2 Å². The monoisotopic (exact) mass is 365 g/mol. The molecule has 3 aromatic carbocycles. The van der Waals surface area contributed by atoms with Crippen LogP contribution >= 0.6 is 0 Å². The minimum absolute atomic E-state index is 0.268. The van der Waals surface area contributed by atoms with Crippen molar-refractivity contribution in [1.82, 2.24) is 0 Å². The number of amides is 1. The fourth-order valence-corrected chi connectivity index (χ4v) is 2.46. The van der Waals surface area contributed by atoms with Gasteiger partial charge in [-0.05, 0) is 73.2 Å². The van der Waals surface area contributed by atoms with Crippen LogP contribution in [0.4, 0.5) is 10.1 Å². The molecule has 0 aliphatic rings. The van der Waals surface area contributed by atoms with Crippen LogP contribution in [0.25, 0.3) is 0 Å². The van der Waals surface area contributed by atoms with E-state index >= 15 is 0 Å². The third kappa shape index (κ3) is 5.57. The molecule has 0 bridgehead atoms. The average Bonchev–Trinajstić information content (AvgIpc) is 2.67. The van der Waals surface area contributed by atoms with Crippen LogP contribution in [-0.2, 0) is 0 Å². The van der Waals surface area contributed by atoms with Crippen molar-refractivity contribution in [2.24, 2.45) is 0 Å². The highest BCUT2D eigenvalue weighted by atomic mass is 19.1. The number of halogens is 1. The van der Waals surface area contributed by atoms with E-state index in [0.717, 1.165) is 11.3 Å². The quantitative estimate of drug-likeness (QED) is 0.609. The van der Waals surface area contributed by atoms with Crippen LogP contribution in [0.5, 0.6) is 11.5 Å². The summed E-state index contributed by atoms with van der Waals surface area (Å²) in [5, 5.41) is 2.71. The normalized spacial score (nSPS) is 10.3. The number of benzene rings is 3. The molecule has 0 atom stereocenters. The van der Waals surface area contributed by atoms with E-state index in [2.05, 4.69) is 5.32 Å². The van der Waals surface area contributed by atoms with Crippen molar-refractivity contribution >= 4 is 11.6 Å². The number of anilines is 1. The maximum atomic E-state index is 12.9. The van der Waals surface area contributed by atoms with Crippen LogP contribution in [0, 0.1) is 12.7 Å². The van der Waals surface area contributed by atoms with Gasteiger partial charge in [-0.3, -0.25) is 4.79 Å². The van der Waals surface area contributed by atoms with Gasteiger partial charge >= 0.3 is 0 Å². The summed E-state index contributed by atoms with van der Waals surface area (Å²) in [4.78, 5) is 12.2. The fourth-order valence-electron chi connectivity index (χ4n) is 2.46. The van der Waals surface area contributed by atoms with Gasteiger partial charge < -0.3 is 14.8 Å². The van der Waals surface area contributed by atoms with Crippen molar-refractivity contribution < 1.29 is 18.7 Å². The molecule has 0 radical (unpaired) electrons. The van der Waals surface area contributed by atoms with Gasteiger partial charge in [-0.1, -0.05) is 12.1 Å². The van der Waals surface area contributed by atoms with Gasteiger partial charge in [0.25, 0.3) is 5.91 Å². The predicted molar refractivity (Wildman–Crippen MR) is 103 cm³/mol. The van der Waals surface area contributed by atoms with Crippen LogP contribution in [-0.4, -0.2) is 19.1 Å². The Balaban J connectivity index is 1.46. The second kappa shape index (κ2) is 8.85. The molecular formula is C22H20FNO3. The molecule has 3 rings (SSSR count). The number of ether oxygens (including phenoxy) is 2. The molecule has 5 heteroatoms. The highest BCUT2D eigenvalue weighted by Crippen LogP contribution is 2.16. The van der Waals surface area contributed by atoms with Crippen molar-refractivity contribution in [3.63, 3.8) is 0 Å². The summed E-state index contributed by atoms with van der Waals surface area (Å²) >= 11 is 0. The molecule has 1 amide bonds. The van der Waals surface area contributed by atoms with Crippen LogP contribution in [0.2, 0.25) is 0 Å². The van der Waals surface area contributed by atoms with E-state index in [0.29, 0.717) is 30.2 Å². The zero-order valence-electron chi connectivity index (χ0n) is 14.9. The molecule has 0 fully saturated rings. The number of carbonyl (C=O) groups excluding carboxylic acids is 1.